The van der Waals surface area contributed by atoms with Crippen LogP contribution in [0.1, 0.15) is 51.0 Å². The van der Waals surface area contributed by atoms with Gasteiger partial charge in [-0.05, 0) is 51.0 Å². The first kappa shape index (κ1) is 28.3. The van der Waals surface area contributed by atoms with E-state index in [1.54, 1.807) is 24.0 Å². The molecule has 4 atom stereocenters. The number of amides is 2. The number of carbonyl (C=O) groups excluding carboxylic acids is 3. The Hall–Kier alpha value is -2.93. The van der Waals surface area contributed by atoms with Crippen molar-refractivity contribution in [3.05, 3.63) is 61.2 Å². The fourth-order valence-electron chi connectivity index (χ4n) is 4.41. The molecule has 1 fully saturated rings. The lowest BCUT2D eigenvalue weighted by atomic mass is 9.95. The zero-order valence-corrected chi connectivity index (χ0v) is 20.9. The second-order valence-corrected chi connectivity index (χ2v) is 9.24. The van der Waals surface area contributed by atoms with Gasteiger partial charge in [0.05, 0.1) is 31.0 Å². The van der Waals surface area contributed by atoms with E-state index in [4.69, 9.17) is 4.74 Å². The molecule has 0 unspecified atom stereocenters. The van der Waals surface area contributed by atoms with Crippen LogP contribution in [0.25, 0.3) is 0 Å². The van der Waals surface area contributed by atoms with Gasteiger partial charge in [0.1, 0.15) is 6.10 Å². The molecule has 1 aliphatic rings. The number of aliphatic hydroxyl groups excluding tert-OH is 1. The van der Waals surface area contributed by atoms with Crippen LogP contribution in [0.2, 0.25) is 0 Å². The van der Waals surface area contributed by atoms with E-state index in [0.29, 0.717) is 32.2 Å². The van der Waals surface area contributed by atoms with Crippen molar-refractivity contribution in [2.45, 2.75) is 64.0 Å². The quantitative estimate of drug-likeness (QED) is 0.294. The molecule has 0 bridgehead atoms. The molecular formula is C28H40N2O5. The summed E-state index contributed by atoms with van der Waals surface area (Å²) < 4.78 is 5.65. The van der Waals surface area contributed by atoms with Gasteiger partial charge in [-0.1, -0.05) is 42.5 Å². The Balaban J connectivity index is 1.88. The van der Waals surface area contributed by atoms with Crippen molar-refractivity contribution in [3.63, 3.8) is 0 Å². The topological polar surface area (TPSA) is 95.9 Å². The lowest BCUT2D eigenvalue weighted by molar-refractivity contribution is -0.153. The number of hydrogen-bond donors (Lipinski definition) is 2. The normalized spacial score (nSPS) is 17.8. The average molecular weight is 485 g/mol. The highest BCUT2D eigenvalue weighted by Gasteiger charge is 2.31. The van der Waals surface area contributed by atoms with Crippen molar-refractivity contribution in [1.29, 1.82) is 0 Å². The molecule has 0 saturated carbocycles. The van der Waals surface area contributed by atoms with Crippen molar-refractivity contribution in [2.75, 3.05) is 19.7 Å². The lowest BCUT2D eigenvalue weighted by Gasteiger charge is -2.25. The number of benzene rings is 1. The first-order valence-electron chi connectivity index (χ1n) is 12.5. The molecular weight excluding hydrogens is 444 g/mol. The maximum atomic E-state index is 12.8. The molecule has 0 spiro atoms. The minimum Gasteiger partial charge on any atom is -0.461 e. The highest BCUT2D eigenvalue weighted by Crippen LogP contribution is 2.21. The van der Waals surface area contributed by atoms with Crippen LogP contribution in [0.4, 0.5) is 0 Å². The first-order chi connectivity index (χ1) is 16.9. The Morgan fingerprint density at radius 2 is 1.94 bits per heavy atom. The molecule has 1 saturated heterocycles. The van der Waals surface area contributed by atoms with Gasteiger partial charge in [-0.2, -0.15) is 0 Å². The van der Waals surface area contributed by atoms with E-state index in [0.717, 1.165) is 18.4 Å². The molecule has 192 valence electrons. The highest BCUT2D eigenvalue weighted by molar-refractivity contribution is 5.86. The van der Waals surface area contributed by atoms with E-state index in [2.05, 4.69) is 18.5 Å². The van der Waals surface area contributed by atoms with Crippen LogP contribution in [0.3, 0.4) is 0 Å². The zero-order valence-electron chi connectivity index (χ0n) is 20.9. The van der Waals surface area contributed by atoms with Crippen molar-refractivity contribution in [1.82, 2.24) is 10.2 Å². The number of hydrogen-bond acceptors (Lipinski definition) is 5. The summed E-state index contributed by atoms with van der Waals surface area (Å²) in [4.78, 5) is 40.0. The van der Waals surface area contributed by atoms with Gasteiger partial charge in [-0.3, -0.25) is 14.4 Å². The van der Waals surface area contributed by atoms with Crippen molar-refractivity contribution in [2.24, 2.45) is 11.8 Å². The molecule has 1 aliphatic heterocycles. The van der Waals surface area contributed by atoms with Gasteiger partial charge in [0.15, 0.2) is 0 Å². The Morgan fingerprint density at radius 1 is 1.20 bits per heavy atom. The van der Waals surface area contributed by atoms with E-state index in [1.165, 1.54) is 0 Å². The molecule has 7 heteroatoms. The van der Waals surface area contributed by atoms with Gasteiger partial charge in [0, 0.05) is 13.0 Å². The van der Waals surface area contributed by atoms with Gasteiger partial charge in [-0.25, -0.2) is 0 Å². The number of esters is 1. The number of likely N-dealkylation sites (tertiary alicyclic amines) is 1. The monoisotopic (exact) mass is 484 g/mol. The molecule has 0 aliphatic carbocycles. The SMILES string of the molecule is C=CCC[C@H](Cc1ccccc1)C(=O)O[C@@H](C)CNC(=O)[C@@H](CC=C)CC(=O)N1CCC[C@H]1CO. The molecule has 1 heterocycles. The van der Waals surface area contributed by atoms with Gasteiger partial charge >= 0.3 is 5.97 Å². The summed E-state index contributed by atoms with van der Waals surface area (Å²) in [6, 6.07) is 9.64. The summed E-state index contributed by atoms with van der Waals surface area (Å²) in [5.74, 6) is -1.54. The average Bonchev–Trinajstić information content (AvgIpc) is 3.34. The minimum atomic E-state index is -0.554. The number of nitrogens with zero attached hydrogens (tertiary/aromatic N) is 1. The van der Waals surface area contributed by atoms with Gasteiger partial charge < -0.3 is 20.1 Å². The number of rotatable bonds is 15. The van der Waals surface area contributed by atoms with Crippen LogP contribution in [-0.4, -0.2) is 59.6 Å². The minimum absolute atomic E-state index is 0.0588. The van der Waals surface area contributed by atoms with Crippen LogP contribution in [0, 0.1) is 11.8 Å². The van der Waals surface area contributed by atoms with E-state index < -0.39 is 12.0 Å². The summed E-state index contributed by atoms with van der Waals surface area (Å²) in [6.07, 6.45) is 6.91. The van der Waals surface area contributed by atoms with Gasteiger partial charge in [0.2, 0.25) is 11.8 Å². The molecule has 1 aromatic carbocycles. The van der Waals surface area contributed by atoms with Crippen molar-refractivity contribution < 1.29 is 24.2 Å². The van der Waals surface area contributed by atoms with E-state index in [1.807, 2.05) is 30.3 Å². The Labute approximate surface area is 209 Å². The van der Waals surface area contributed by atoms with Crippen LogP contribution in [0.15, 0.2) is 55.6 Å². The lowest BCUT2D eigenvalue weighted by Crippen LogP contribution is -2.42. The van der Waals surface area contributed by atoms with E-state index >= 15 is 0 Å². The number of carbonyl (C=O) groups is 3. The highest BCUT2D eigenvalue weighted by atomic mass is 16.5. The predicted molar refractivity (Wildman–Crippen MR) is 136 cm³/mol. The third-order valence-corrected chi connectivity index (χ3v) is 6.41. The second kappa shape index (κ2) is 15.1. The maximum Gasteiger partial charge on any atom is 0.309 e. The first-order valence-corrected chi connectivity index (χ1v) is 12.5. The van der Waals surface area contributed by atoms with Gasteiger partial charge in [-0.15, -0.1) is 13.2 Å². The summed E-state index contributed by atoms with van der Waals surface area (Å²) in [7, 11) is 0. The van der Waals surface area contributed by atoms with Crippen LogP contribution >= 0.6 is 0 Å². The number of nitrogens with one attached hydrogen (secondary N) is 1. The van der Waals surface area contributed by atoms with E-state index in [-0.39, 0.29) is 49.3 Å². The third kappa shape index (κ3) is 9.32. The number of aliphatic hydroxyl groups is 1. The molecule has 2 amide bonds. The standard InChI is InChI=1S/C28H40N2O5/c1-4-6-14-24(17-22-12-8-7-9-13-22)28(34)35-21(3)19-29-27(33)23(11-5-2)18-26(32)30-16-10-15-25(30)20-31/h4-5,7-9,12-13,21,23-25,31H,1-2,6,10-11,14-20H2,3H3,(H,29,33)/t21-,23-,24+,25-/m0/s1. The third-order valence-electron chi connectivity index (χ3n) is 6.41. The molecule has 0 radical (unpaired) electrons. The largest absolute Gasteiger partial charge is 0.461 e. The molecule has 2 rings (SSSR count). The molecule has 35 heavy (non-hydrogen) atoms. The molecule has 7 nitrogen and oxygen atoms in total. The van der Waals surface area contributed by atoms with Crippen LogP contribution in [0.5, 0.6) is 0 Å². The van der Waals surface area contributed by atoms with Crippen LogP contribution in [-0.2, 0) is 25.5 Å². The Morgan fingerprint density at radius 3 is 2.60 bits per heavy atom. The second-order valence-electron chi connectivity index (χ2n) is 9.24. The predicted octanol–water partition coefficient (Wildman–Crippen LogP) is 3.43. The van der Waals surface area contributed by atoms with Gasteiger partial charge in [0.25, 0.3) is 0 Å². The molecule has 2 N–H and O–H groups in total. The summed E-state index contributed by atoms with van der Waals surface area (Å²) in [5.41, 5.74) is 1.07. The smallest absolute Gasteiger partial charge is 0.309 e. The maximum absolute atomic E-state index is 12.8. The molecule has 0 aromatic heterocycles. The Kier molecular flexibility index (Phi) is 12.2. The number of ether oxygens (including phenoxy) is 1. The molecule has 1 aromatic rings. The fraction of sp³-hybridized carbons (Fsp3) is 0.536. The number of allylic oxidation sites excluding steroid dienone is 2. The summed E-state index contributed by atoms with van der Waals surface area (Å²) in [5, 5.41) is 12.3. The fourth-order valence-corrected chi connectivity index (χ4v) is 4.41. The van der Waals surface area contributed by atoms with Crippen molar-refractivity contribution in [3.8, 4) is 0 Å². The Bertz CT molecular complexity index is 841. The van der Waals surface area contributed by atoms with E-state index in [9.17, 15) is 19.5 Å². The van der Waals surface area contributed by atoms with Crippen LogP contribution < -0.4 is 5.32 Å². The van der Waals surface area contributed by atoms with Crippen molar-refractivity contribution >= 4 is 17.8 Å². The summed E-state index contributed by atoms with van der Waals surface area (Å²) in [6.45, 7) is 9.91. The summed E-state index contributed by atoms with van der Waals surface area (Å²) >= 11 is 0. The zero-order chi connectivity index (χ0) is 25.6.